The Morgan fingerprint density at radius 1 is 1.30 bits per heavy atom. The van der Waals surface area contributed by atoms with Gasteiger partial charge in [-0.1, -0.05) is 15.9 Å². The molecule has 0 aliphatic rings. The topological polar surface area (TPSA) is 42.0 Å². The van der Waals surface area contributed by atoms with Crippen LogP contribution in [0.4, 0.5) is 9.52 Å². The van der Waals surface area contributed by atoms with E-state index in [1.54, 1.807) is 12.1 Å². The highest BCUT2D eigenvalue weighted by Crippen LogP contribution is 2.25. The molecule has 1 N–H and O–H groups in total. The minimum Gasteiger partial charge on any atom is -0.302 e. The largest absolute Gasteiger partial charge is 0.302 e. The van der Waals surface area contributed by atoms with Gasteiger partial charge in [0.25, 0.3) is 0 Å². The van der Waals surface area contributed by atoms with Gasteiger partial charge in [0.05, 0.1) is 5.69 Å². The van der Waals surface area contributed by atoms with Gasteiger partial charge < -0.3 is 5.32 Å². The summed E-state index contributed by atoms with van der Waals surface area (Å²) in [6.45, 7) is 0. The van der Waals surface area contributed by atoms with Crippen molar-refractivity contribution < 1.29 is 9.18 Å². The summed E-state index contributed by atoms with van der Waals surface area (Å²) in [5.74, 6) is -0.296. The van der Waals surface area contributed by atoms with E-state index in [1.807, 2.05) is 5.38 Å². The number of halogens is 2. The van der Waals surface area contributed by atoms with Crippen molar-refractivity contribution in [3.63, 3.8) is 0 Å². The van der Waals surface area contributed by atoms with Crippen LogP contribution in [0, 0.1) is 5.82 Å². The first-order chi connectivity index (χ1) is 9.69. The second-order valence-corrected chi connectivity index (χ2v) is 5.89. The number of anilines is 1. The van der Waals surface area contributed by atoms with Crippen molar-refractivity contribution in [2.24, 2.45) is 0 Å². The fourth-order valence-electron chi connectivity index (χ4n) is 1.65. The second-order valence-electron chi connectivity index (χ2n) is 4.24. The minimum atomic E-state index is -0.274. The molecule has 20 heavy (non-hydrogen) atoms. The van der Waals surface area contributed by atoms with Gasteiger partial charge in [-0.3, -0.25) is 4.79 Å². The maximum absolute atomic E-state index is 12.8. The number of hydrogen-bond donors (Lipinski definition) is 1. The molecule has 1 aromatic heterocycles. The smallest absolute Gasteiger partial charge is 0.226 e. The summed E-state index contributed by atoms with van der Waals surface area (Å²) in [6, 6.07) is 6.14. The van der Waals surface area contributed by atoms with E-state index >= 15 is 0 Å². The first kappa shape index (κ1) is 15.1. The van der Waals surface area contributed by atoms with Gasteiger partial charge in [0.1, 0.15) is 5.82 Å². The predicted molar refractivity (Wildman–Crippen MR) is 83.8 cm³/mol. The molecule has 6 heteroatoms. The van der Waals surface area contributed by atoms with Gasteiger partial charge >= 0.3 is 0 Å². The first-order valence-corrected chi connectivity index (χ1v) is 8.26. The molecule has 0 aliphatic heterocycles. The van der Waals surface area contributed by atoms with Crippen LogP contribution in [-0.2, 0) is 4.79 Å². The number of carbonyl (C=O) groups is 1. The molecule has 0 saturated carbocycles. The Morgan fingerprint density at radius 3 is 2.75 bits per heavy atom. The van der Waals surface area contributed by atoms with E-state index in [-0.39, 0.29) is 11.7 Å². The maximum Gasteiger partial charge on any atom is 0.226 e. The third kappa shape index (κ3) is 4.38. The number of rotatable bonds is 6. The Labute approximate surface area is 129 Å². The molecule has 3 nitrogen and oxygen atoms in total. The van der Waals surface area contributed by atoms with Crippen LogP contribution in [0.5, 0.6) is 0 Å². The molecule has 106 valence electrons. The van der Waals surface area contributed by atoms with Crippen LogP contribution in [0.25, 0.3) is 11.3 Å². The Morgan fingerprint density at radius 2 is 2.05 bits per heavy atom. The fraction of sp³-hybridized carbons (Fsp3) is 0.286. The number of aromatic nitrogens is 1. The maximum atomic E-state index is 12.8. The van der Waals surface area contributed by atoms with Gasteiger partial charge in [-0.15, -0.1) is 11.3 Å². The third-order valence-corrected chi connectivity index (χ3v) is 4.00. The summed E-state index contributed by atoms with van der Waals surface area (Å²) in [7, 11) is 0. The number of benzene rings is 1. The number of alkyl halides is 1. The zero-order chi connectivity index (χ0) is 14.4. The Kier molecular flexibility index (Phi) is 5.67. The monoisotopic (exact) mass is 356 g/mol. The summed E-state index contributed by atoms with van der Waals surface area (Å²) < 4.78 is 12.8. The molecule has 1 heterocycles. The van der Waals surface area contributed by atoms with E-state index in [1.165, 1.54) is 23.5 Å². The van der Waals surface area contributed by atoms with Crippen molar-refractivity contribution in [2.75, 3.05) is 10.6 Å². The molecule has 0 saturated heterocycles. The Bertz CT molecular complexity index is 571. The molecule has 2 aromatic rings. The van der Waals surface area contributed by atoms with E-state index in [0.29, 0.717) is 11.6 Å². The van der Waals surface area contributed by atoms with Crippen LogP contribution < -0.4 is 5.32 Å². The molecule has 0 aliphatic carbocycles. The van der Waals surface area contributed by atoms with Crippen molar-refractivity contribution in [1.82, 2.24) is 4.98 Å². The molecule has 1 aromatic carbocycles. The number of unbranched alkanes of at least 4 members (excludes halogenated alkanes) is 1. The molecular weight excluding hydrogens is 343 g/mol. The van der Waals surface area contributed by atoms with E-state index in [9.17, 15) is 9.18 Å². The van der Waals surface area contributed by atoms with Crippen LogP contribution in [0.3, 0.4) is 0 Å². The average molecular weight is 357 g/mol. The lowest BCUT2D eigenvalue weighted by molar-refractivity contribution is -0.116. The SMILES string of the molecule is O=C(CCCCBr)Nc1nc(-c2ccc(F)cc2)cs1. The van der Waals surface area contributed by atoms with E-state index in [0.717, 1.165) is 29.4 Å². The van der Waals surface area contributed by atoms with Crippen LogP contribution in [0.2, 0.25) is 0 Å². The summed E-state index contributed by atoms with van der Waals surface area (Å²) in [5.41, 5.74) is 1.58. The van der Waals surface area contributed by atoms with Gasteiger partial charge in [-0.05, 0) is 37.1 Å². The first-order valence-electron chi connectivity index (χ1n) is 6.26. The van der Waals surface area contributed by atoms with Crippen molar-refractivity contribution in [2.45, 2.75) is 19.3 Å². The zero-order valence-electron chi connectivity index (χ0n) is 10.7. The van der Waals surface area contributed by atoms with Crippen molar-refractivity contribution in [3.05, 3.63) is 35.5 Å². The van der Waals surface area contributed by atoms with Gasteiger partial charge in [0.2, 0.25) is 5.91 Å². The number of hydrogen-bond acceptors (Lipinski definition) is 3. The minimum absolute atomic E-state index is 0.0223. The van der Waals surface area contributed by atoms with E-state index < -0.39 is 0 Å². The van der Waals surface area contributed by atoms with Crippen molar-refractivity contribution in [1.29, 1.82) is 0 Å². The third-order valence-electron chi connectivity index (χ3n) is 2.68. The number of amides is 1. The second kappa shape index (κ2) is 7.50. The molecule has 0 atom stereocenters. The predicted octanol–water partition coefficient (Wildman–Crippen LogP) is 4.45. The molecule has 0 unspecified atom stereocenters. The fourth-order valence-corrected chi connectivity index (χ4v) is 2.78. The summed E-state index contributed by atoms with van der Waals surface area (Å²) in [4.78, 5) is 16.0. The van der Waals surface area contributed by atoms with Crippen molar-refractivity contribution >= 4 is 38.3 Å². The van der Waals surface area contributed by atoms with Gasteiger partial charge in [0.15, 0.2) is 5.13 Å². The number of nitrogens with one attached hydrogen (secondary N) is 1. The number of nitrogens with zero attached hydrogens (tertiary/aromatic N) is 1. The molecular formula is C14H14BrFN2OS. The van der Waals surface area contributed by atoms with Crippen LogP contribution in [-0.4, -0.2) is 16.2 Å². The molecule has 0 spiro atoms. The van der Waals surface area contributed by atoms with Crippen LogP contribution in [0.15, 0.2) is 29.6 Å². The molecule has 0 bridgehead atoms. The molecule has 0 radical (unpaired) electrons. The highest BCUT2D eigenvalue weighted by Gasteiger charge is 2.08. The van der Waals surface area contributed by atoms with E-state index in [2.05, 4.69) is 26.2 Å². The molecule has 2 rings (SSSR count). The molecule has 0 fully saturated rings. The van der Waals surface area contributed by atoms with Gasteiger partial charge in [-0.25, -0.2) is 9.37 Å². The summed E-state index contributed by atoms with van der Waals surface area (Å²) in [6.07, 6.45) is 2.33. The average Bonchev–Trinajstić information content (AvgIpc) is 2.88. The van der Waals surface area contributed by atoms with E-state index in [4.69, 9.17) is 0 Å². The quantitative estimate of drug-likeness (QED) is 0.613. The van der Waals surface area contributed by atoms with Crippen molar-refractivity contribution in [3.8, 4) is 11.3 Å². The van der Waals surface area contributed by atoms with Crippen LogP contribution >= 0.6 is 27.3 Å². The Hall–Kier alpha value is -1.27. The van der Waals surface area contributed by atoms with Gasteiger partial charge in [0, 0.05) is 22.7 Å². The highest BCUT2D eigenvalue weighted by atomic mass is 79.9. The lowest BCUT2D eigenvalue weighted by atomic mass is 10.2. The van der Waals surface area contributed by atoms with Gasteiger partial charge in [-0.2, -0.15) is 0 Å². The summed E-state index contributed by atoms with van der Waals surface area (Å²) in [5, 5.41) is 6.12. The standard InChI is InChI=1S/C14H14BrFN2OS/c15-8-2-1-3-13(19)18-14-17-12(9-20-14)10-4-6-11(16)7-5-10/h4-7,9H,1-3,8H2,(H,17,18,19). The highest BCUT2D eigenvalue weighted by molar-refractivity contribution is 9.09. The Balaban J connectivity index is 1.95. The zero-order valence-corrected chi connectivity index (χ0v) is 13.1. The lowest BCUT2D eigenvalue weighted by Gasteiger charge is -2.00. The number of carbonyl (C=O) groups excluding carboxylic acids is 1. The normalized spacial score (nSPS) is 10.5. The molecule has 1 amide bonds. The number of thiazole rings is 1. The lowest BCUT2D eigenvalue weighted by Crippen LogP contribution is -2.10. The van der Waals surface area contributed by atoms with Crippen LogP contribution in [0.1, 0.15) is 19.3 Å². The summed E-state index contributed by atoms with van der Waals surface area (Å²) >= 11 is 4.70.